The highest BCUT2D eigenvalue weighted by Crippen LogP contribution is 2.28. The molecule has 1 amide bonds. The largest absolute Gasteiger partial charge is 0.371 e. The number of amides is 1. The SMILES string of the molecule is C#CCN1CCCC[C@H]1C(=O)N(C)C[C@@H]1OCCc2ccccc21. The van der Waals surface area contributed by atoms with Crippen LogP contribution in [0.4, 0.5) is 0 Å². The summed E-state index contributed by atoms with van der Waals surface area (Å²) in [6.45, 7) is 2.77. The van der Waals surface area contributed by atoms with Crippen molar-refractivity contribution in [3.8, 4) is 12.3 Å². The molecule has 0 bridgehead atoms. The minimum atomic E-state index is -0.0846. The molecule has 2 aliphatic heterocycles. The van der Waals surface area contributed by atoms with Crippen molar-refractivity contribution in [2.24, 2.45) is 0 Å². The van der Waals surface area contributed by atoms with Crippen LogP contribution >= 0.6 is 0 Å². The molecule has 128 valence electrons. The number of nitrogens with zero attached hydrogens (tertiary/aromatic N) is 2. The highest BCUT2D eigenvalue weighted by molar-refractivity contribution is 5.81. The van der Waals surface area contributed by atoms with E-state index in [4.69, 9.17) is 11.2 Å². The Hall–Kier alpha value is -1.83. The van der Waals surface area contributed by atoms with Crippen molar-refractivity contribution in [2.45, 2.75) is 37.8 Å². The Bertz CT molecular complexity index is 622. The molecule has 0 radical (unpaired) electrons. The Balaban J connectivity index is 1.67. The van der Waals surface area contributed by atoms with Gasteiger partial charge in [-0.1, -0.05) is 36.6 Å². The quantitative estimate of drug-likeness (QED) is 0.796. The first-order valence-electron chi connectivity index (χ1n) is 8.82. The summed E-state index contributed by atoms with van der Waals surface area (Å²) in [6.07, 6.45) is 9.48. The van der Waals surface area contributed by atoms with Gasteiger partial charge in [-0.2, -0.15) is 0 Å². The third-order valence-corrected chi connectivity index (χ3v) is 5.10. The molecule has 1 fully saturated rings. The molecule has 0 aromatic heterocycles. The lowest BCUT2D eigenvalue weighted by molar-refractivity contribution is -0.138. The number of likely N-dealkylation sites (N-methyl/N-ethyl adjacent to an activating group) is 1. The zero-order valence-corrected chi connectivity index (χ0v) is 14.4. The van der Waals surface area contributed by atoms with Gasteiger partial charge in [-0.25, -0.2) is 0 Å². The molecule has 4 heteroatoms. The third kappa shape index (κ3) is 3.63. The van der Waals surface area contributed by atoms with Crippen LogP contribution in [0, 0.1) is 12.3 Å². The molecule has 0 aliphatic carbocycles. The monoisotopic (exact) mass is 326 g/mol. The molecular formula is C20H26N2O2. The van der Waals surface area contributed by atoms with Crippen molar-refractivity contribution in [3.05, 3.63) is 35.4 Å². The summed E-state index contributed by atoms with van der Waals surface area (Å²) >= 11 is 0. The summed E-state index contributed by atoms with van der Waals surface area (Å²) in [5.74, 6) is 2.85. The van der Waals surface area contributed by atoms with Gasteiger partial charge in [0.05, 0.1) is 25.7 Å². The van der Waals surface area contributed by atoms with Crippen LogP contribution < -0.4 is 0 Å². The first-order valence-corrected chi connectivity index (χ1v) is 8.82. The highest BCUT2D eigenvalue weighted by atomic mass is 16.5. The standard InChI is InChI=1S/C20H26N2O2/c1-3-12-22-13-7-6-10-18(22)20(23)21(2)15-19-17-9-5-4-8-16(17)11-14-24-19/h1,4-5,8-9,18-19H,6-7,10-15H2,2H3/t18-,19-/m0/s1. The van der Waals surface area contributed by atoms with Gasteiger partial charge in [-0.15, -0.1) is 6.42 Å². The molecule has 0 spiro atoms. The molecule has 4 nitrogen and oxygen atoms in total. The van der Waals surface area contributed by atoms with Gasteiger partial charge < -0.3 is 9.64 Å². The number of terminal acetylenes is 1. The fraction of sp³-hybridized carbons (Fsp3) is 0.550. The molecule has 1 saturated heterocycles. The highest BCUT2D eigenvalue weighted by Gasteiger charge is 2.32. The predicted molar refractivity (Wildman–Crippen MR) is 94.5 cm³/mol. The van der Waals surface area contributed by atoms with Crippen molar-refractivity contribution in [3.63, 3.8) is 0 Å². The number of likely N-dealkylation sites (tertiary alicyclic amines) is 1. The second-order valence-electron chi connectivity index (χ2n) is 6.71. The molecule has 2 aliphatic rings. The van der Waals surface area contributed by atoms with E-state index in [1.54, 1.807) is 0 Å². The van der Waals surface area contributed by atoms with Gasteiger partial charge in [0.1, 0.15) is 6.10 Å². The Kier molecular flexibility index (Phi) is 5.55. The first kappa shape index (κ1) is 17.0. The Morgan fingerprint density at radius 1 is 1.42 bits per heavy atom. The lowest BCUT2D eigenvalue weighted by Crippen LogP contribution is -2.50. The zero-order valence-electron chi connectivity index (χ0n) is 14.4. The second-order valence-corrected chi connectivity index (χ2v) is 6.71. The van der Waals surface area contributed by atoms with Crippen molar-refractivity contribution < 1.29 is 9.53 Å². The summed E-state index contributed by atoms with van der Waals surface area (Å²) in [4.78, 5) is 16.9. The maximum absolute atomic E-state index is 12.9. The van der Waals surface area contributed by atoms with Crippen molar-refractivity contribution in [1.82, 2.24) is 9.80 Å². The number of piperidine rings is 1. The number of carbonyl (C=O) groups is 1. The minimum absolute atomic E-state index is 0.0337. The van der Waals surface area contributed by atoms with Crippen LogP contribution in [0.2, 0.25) is 0 Å². The lowest BCUT2D eigenvalue weighted by atomic mass is 9.96. The van der Waals surface area contributed by atoms with E-state index in [-0.39, 0.29) is 18.1 Å². The number of fused-ring (bicyclic) bond motifs is 1. The summed E-state index contributed by atoms with van der Waals surface area (Å²) in [5, 5.41) is 0. The number of rotatable bonds is 4. The van der Waals surface area contributed by atoms with Gasteiger partial charge in [0.15, 0.2) is 0 Å². The second kappa shape index (κ2) is 7.83. The average Bonchev–Trinajstić information content (AvgIpc) is 2.62. The molecule has 2 heterocycles. The topological polar surface area (TPSA) is 32.8 Å². The van der Waals surface area contributed by atoms with Gasteiger partial charge in [0, 0.05) is 7.05 Å². The van der Waals surface area contributed by atoms with Gasteiger partial charge in [0.25, 0.3) is 0 Å². The van der Waals surface area contributed by atoms with E-state index in [1.165, 1.54) is 11.1 Å². The van der Waals surface area contributed by atoms with Gasteiger partial charge in [-0.3, -0.25) is 9.69 Å². The summed E-state index contributed by atoms with van der Waals surface area (Å²) in [6, 6.07) is 8.29. The van der Waals surface area contributed by atoms with Crippen LogP contribution in [0.15, 0.2) is 24.3 Å². The van der Waals surface area contributed by atoms with Gasteiger partial charge in [0.2, 0.25) is 5.91 Å². The lowest BCUT2D eigenvalue weighted by Gasteiger charge is -2.37. The number of hydrogen-bond donors (Lipinski definition) is 0. The van der Waals surface area contributed by atoms with Crippen LogP contribution in [0.5, 0.6) is 0 Å². The molecule has 0 unspecified atom stereocenters. The number of carbonyl (C=O) groups excluding carboxylic acids is 1. The molecule has 0 saturated carbocycles. The van der Waals surface area contributed by atoms with E-state index in [0.717, 1.165) is 38.8 Å². The summed E-state index contributed by atoms with van der Waals surface area (Å²) in [7, 11) is 1.88. The average molecular weight is 326 g/mol. The Morgan fingerprint density at radius 2 is 2.25 bits per heavy atom. The van der Waals surface area contributed by atoms with Crippen LogP contribution in [0.25, 0.3) is 0 Å². The summed E-state index contributed by atoms with van der Waals surface area (Å²) < 4.78 is 5.95. The molecular weight excluding hydrogens is 300 g/mol. The van der Waals surface area contributed by atoms with Crippen molar-refractivity contribution >= 4 is 5.91 Å². The molecule has 1 aromatic rings. The number of benzene rings is 1. The fourth-order valence-corrected chi connectivity index (χ4v) is 3.80. The fourth-order valence-electron chi connectivity index (χ4n) is 3.80. The Labute approximate surface area is 144 Å². The predicted octanol–water partition coefficient (Wildman–Crippen LogP) is 2.25. The van der Waals surface area contributed by atoms with Gasteiger partial charge >= 0.3 is 0 Å². The minimum Gasteiger partial charge on any atom is -0.371 e. The van der Waals surface area contributed by atoms with Crippen LogP contribution in [-0.4, -0.2) is 55.0 Å². The van der Waals surface area contributed by atoms with E-state index < -0.39 is 0 Å². The van der Waals surface area contributed by atoms with E-state index >= 15 is 0 Å². The first-order chi connectivity index (χ1) is 11.7. The van der Waals surface area contributed by atoms with E-state index in [2.05, 4.69) is 29.0 Å². The number of ether oxygens (including phenoxy) is 1. The molecule has 0 N–H and O–H groups in total. The number of hydrogen-bond acceptors (Lipinski definition) is 3. The molecule has 24 heavy (non-hydrogen) atoms. The molecule has 1 aromatic carbocycles. The van der Waals surface area contributed by atoms with Crippen LogP contribution in [0.1, 0.15) is 36.5 Å². The smallest absolute Gasteiger partial charge is 0.239 e. The molecule has 2 atom stereocenters. The molecule has 3 rings (SSSR count). The van der Waals surface area contributed by atoms with Crippen molar-refractivity contribution in [2.75, 3.05) is 33.3 Å². The summed E-state index contributed by atoms with van der Waals surface area (Å²) in [5.41, 5.74) is 2.55. The third-order valence-electron chi connectivity index (χ3n) is 5.10. The van der Waals surface area contributed by atoms with Gasteiger partial charge in [-0.05, 0) is 36.9 Å². The van der Waals surface area contributed by atoms with E-state index in [1.807, 2.05) is 18.0 Å². The van der Waals surface area contributed by atoms with E-state index in [9.17, 15) is 4.79 Å². The maximum Gasteiger partial charge on any atom is 0.239 e. The maximum atomic E-state index is 12.9. The van der Waals surface area contributed by atoms with Crippen molar-refractivity contribution in [1.29, 1.82) is 0 Å². The zero-order chi connectivity index (χ0) is 16.9. The Morgan fingerprint density at radius 3 is 3.08 bits per heavy atom. The van der Waals surface area contributed by atoms with Crippen LogP contribution in [0.3, 0.4) is 0 Å². The van der Waals surface area contributed by atoms with Crippen LogP contribution in [-0.2, 0) is 16.0 Å². The normalized spacial score (nSPS) is 24.0. The van der Waals surface area contributed by atoms with E-state index in [0.29, 0.717) is 13.1 Å².